The molecule has 0 fully saturated rings. The lowest BCUT2D eigenvalue weighted by Crippen LogP contribution is -2.14. The van der Waals surface area contributed by atoms with Crippen molar-refractivity contribution in [1.29, 1.82) is 0 Å². The summed E-state index contributed by atoms with van der Waals surface area (Å²) in [6.45, 7) is 4.96. The number of unbranched alkanes of at least 4 members (excludes halogenated alkanes) is 1. The minimum Gasteiger partial charge on any atom is -0.325 e. The lowest BCUT2D eigenvalue weighted by atomic mass is 10.2. The monoisotopic (exact) mass is 381 g/mol. The van der Waals surface area contributed by atoms with Crippen molar-refractivity contribution in [2.24, 2.45) is 0 Å². The molecule has 0 saturated carbocycles. The second-order valence-corrected chi connectivity index (χ2v) is 7.20. The van der Waals surface area contributed by atoms with E-state index in [1.165, 1.54) is 11.8 Å². The number of aryl methyl sites for hydroxylation is 1. The third kappa shape index (κ3) is 5.17. The fraction of sp³-hybridized carbons (Fsp3) is 0.300. The first-order valence-electron chi connectivity index (χ1n) is 9.00. The third-order valence-corrected chi connectivity index (χ3v) is 4.97. The number of hydrogen-bond donors (Lipinski definition) is 1. The summed E-state index contributed by atoms with van der Waals surface area (Å²) in [4.78, 5) is 16.5. The van der Waals surface area contributed by atoms with E-state index in [-0.39, 0.29) is 11.7 Å². The van der Waals surface area contributed by atoms with Crippen LogP contribution >= 0.6 is 11.8 Å². The lowest BCUT2D eigenvalue weighted by Gasteiger charge is -2.10. The van der Waals surface area contributed by atoms with Crippen LogP contribution in [-0.2, 0) is 11.3 Å². The lowest BCUT2D eigenvalue weighted by molar-refractivity contribution is -0.113. The zero-order valence-corrected chi connectivity index (χ0v) is 16.4. The van der Waals surface area contributed by atoms with Crippen molar-refractivity contribution < 1.29 is 4.79 Å². The molecule has 0 radical (unpaired) electrons. The van der Waals surface area contributed by atoms with E-state index >= 15 is 0 Å². The molecule has 0 atom stereocenters. The minimum absolute atomic E-state index is 0.0569. The quantitative estimate of drug-likeness (QED) is 0.593. The van der Waals surface area contributed by atoms with Gasteiger partial charge >= 0.3 is 0 Å². The van der Waals surface area contributed by atoms with Crippen LogP contribution in [0.1, 0.15) is 25.3 Å². The first kappa shape index (κ1) is 19.1. The number of amides is 1. The average Bonchev–Trinajstić information content (AvgIpc) is 3.08. The Morgan fingerprint density at radius 2 is 2.11 bits per heavy atom. The van der Waals surface area contributed by atoms with Crippen molar-refractivity contribution in [3.63, 3.8) is 0 Å². The van der Waals surface area contributed by atoms with Gasteiger partial charge in [0.15, 0.2) is 11.0 Å². The largest absolute Gasteiger partial charge is 0.325 e. The number of aromatic nitrogens is 4. The van der Waals surface area contributed by atoms with Crippen LogP contribution in [0.15, 0.2) is 53.9 Å². The number of anilines is 1. The topological polar surface area (TPSA) is 72.7 Å². The Balaban J connectivity index is 1.70. The molecule has 2 heterocycles. The van der Waals surface area contributed by atoms with E-state index in [9.17, 15) is 4.79 Å². The van der Waals surface area contributed by atoms with E-state index in [0.717, 1.165) is 47.2 Å². The van der Waals surface area contributed by atoms with Crippen molar-refractivity contribution in [3.8, 4) is 11.4 Å². The minimum atomic E-state index is -0.0569. The molecular weight excluding hydrogens is 358 g/mol. The molecule has 27 heavy (non-hydrogen) atoms. The summed E-state index contributed by atoms with van der Waals surface area (Å²) >= 11 is 1.40. The van der Waals surface area contributed by atoms with Gasteiger partial charge < -0.3 is 9.88 Å². The number of hydrogen-bond acceptors (Lipinski definition) is 5. The van der Waals surface area contributed by atoms with Crippen molar-refractivity contribution in [2.45, 2.75) is 38.4 Å². The predicted molar refractivity (Wildman–Crippen MR) is 109 cm³/mol. The van der Waals surface area contributed by atoms with Crippen LogP contribution in [0.5, 0.6) is 0 Å². The van der Waals surface area contributed by atoms with E-state index in [4.69, 9.17) is 0 Å². The van der Waals surface area contributed by atoms with Crippen molar-refractivity contribution in [1.82, 2.24) is 19.7 Å². The summed E-state index contributed by atoms with van der Waals surface area (Å²) in [6.07, 6.45) is 5.61. The van der Waals surface area contributed by atoms with Crippen LogP contribution < -0.4 is 5.32 Å². The Morgan fingerprint density at radius 3 is 2.85 bits per heavy atom. The summed E-state index contributed by atoms with van der Waals surface area (Å²) < 4.78 is 2.07. The van der Waals surface area contributed by atoms with E-state index in [1.54, 1.807) is 12.4 Å². The summed E-state index contributed by atoms with van der Waals surface area (Å²) in [7, 11) is 0. The number of nitrogens with zero attached hydrogens (tertiary/aromatic N) is 4. The molecule has 140 valence electrons. The van der Waals surface area contributed by atoms with Gasteiger partial charge in [0, 0.05) is 30.2 Å². The molecule has 3 aromatic rings. The van der Waals surface area contributed by atoms with Gasteiger partial charge in [0.1, 0.15) is 0 Å². The molecule has 0 aliphatic rings. The Bertz CT molecular complexity index is 894. The van der Waals surface area contributed by atoms with Gasteiger partial charge in [0.05, 0.1) is 5.75 Å². The number of pyridine rings is 1. The molecule has 0 saturated heterocycles. The Hall–Kier alpha value is -2.67. The molecule has 0 bridgehead atoms. The van der Waals surface area contributed by atoms with Crippen LogP contribution in [0, 0.1) is 6.92 Å². The summed E-state index contributed by atoms with van der Waals surface area (Å²) in [5, 5.41) is 12.3. The number of nitrogens with one attached hydrogen (secondary N) is 1. The number of carbonyl (C=O) groups excluding carboxylic acids is 1. The molecule has 1 amide bonds. The van der Waals surface area contributed by atoms with Crippen LogP contribution in [0.4, 0.5) is 5.69 Å². The van der Waals surface area contributed by atoms with E-state index in [0.29, 0.717) is 0 Å². The number of rotatable bonds is 8. The highest BCUT2D eigenvalue weighted by Crippen LogP contribution is 2.24. The van der Waals surface area contributed by atoms with Gasteiger partial charge in [-0.15, -0.1) is 10.2 Å². The first-order chi connectivity index (χ1) is 13.2. The average molecular weight is 382 g/mol. The SMILES string of the molecule is CCCCn1c(SCC(=O)Nc2cccc(C)c2)nnc1-c1cccnc1. The van der Waals surface area contributed by atoms with Crippen LogP contribution in [0.25, 0.3) is 11.4 Å². The first-order valence-corrected chi connectivity index (χ1v) is 9.99. The molecule has 6 nitrogen and oxygen atoms in total. The number of thioether (sulfide) groups is 1. The number of carbonyl (C=O) groups is 1. The highest BCUT2D eigenvalue weighted by Gasteiger charge is 2.15. The van der Waals surface area contributed by atoms with Gasteiger partial charge in [0.25, 0.3) is 0 Å². The maximum Gasteiger partial charge on any atom is 0.234 e. The highest BCUT2D eigenvalue weighted by molar-refractivity contribution is 7.99. The van der Waals surface area contributed by atoms with Crippen LogP contribution in [0.2, 0.25) is 0 Å². The Morgan fingerprint density at radius 1 is 1.22 bits per heavy atom. The van der Waals surface area contributed by atoms with Gasteiger partial charge in [0.2, 0.25) is 5.91 Å². The Kier molecular flexibility index (Phi) is 6.59. The van der Waals surface area contributed by atoms with Crippen LogP contribution in [0.3, 0.4) is 0 Å². The normalized spacial score (nSPS) is 10.7. The van der Waals surface area contributed by atoms with Gasteiger partial charge in [-0.3, -0.25) is 9.78 Å². The van der Waals surface area contributed by atoms with E-state index in [1.807, 2.05) is 43.3 Å². The molecule has 7 heteroatoms. The maximum atomic E-state index is 12.3. The third-order valence-electron chi connectivity index (χ3n) is 4.01. The van der Waals surface area contributed by atoms with E-state index in [2.05, 4.69) is 32.0 Å². The van der Waals surface area contributed by atoms with Gasteiger partial charge in [-0.05, 0) is 43.2 Å². The van der Waals surface area contributed by atoms with E-state index < -0.39 is 0 Å². The molecule has 0 aliphatic heterocycles. The summed E-state index contributed by atoms with van der Waals surface area (Å²) in [5.74, 6) is 1.02. The second-order valence-electron chi connectivity index (χ2n) is 6.26. The fourth-order valence-corrected chi connectivity index (χ4v) is 3.44. The molecule has 0 unspecified atom stereocenters. The fourth-order valence-electron chi connectivity index (χ4n) is 2.67. The zero-order chi connectivity index (χ0) is 19.1. The van der Waals surface area contributed by atoms with Crippen LogP contribution in [-0.4, -0.2) is 31.4 Å². The van der Waals surface area contributed by atoms with Gasteiger partial charge in [-0.1, -0.05) is 37.2 Å². The molecule has 3 rings (SSSR count). The highest BCUT2D eigenvalue weighted by atomic mass is 32.2. The van der Waals surface area contributed by atoms with Gasteiger partial charge in [-0.2, -0.15) is 0 Å². The maximum absolute atomic E-state index is 12.3. The predicted octanol–water partition coefficient (Wildman–Crippen LogP) is 4.18. The Labute approximate surface area is 163 Å². The summed E-state index contributed by atoms with van der Waals surface area (Å²) in [5.41, 5.74) is 2.85. The molecular formula is C20H23N5OS. The van der Waals surface area contributed by atoms with Crippen molar-refractivity contribution in [3.05, 3.63) is 54.4 Å². The molecule has 0 spiro atoms. The molecule has 2 aromatic heterocycles. The number of benzene rings is 1. The molecule has 1 aromatic carbocycles. The summed E-state index contributed by atoms with van der Waals surface area (Å²) in [6, 6.07) is 11.6. The molecule has 0 aliphatic carbocycles. The molecule has 1 N–H and O–H groups in total. The van der Waals surface area contributed by atoms with Crippen molar-refractivity contribution in [2.75, 3.05) is 11.1 Å². The standard InChI is InChI=1S/C20H23N5OS/c1-3-4-11-25-19(16-8-6-10-21-13-16)23-24-20(25)27-14-18(26)22-17-9-5-7-15(2)12-17/h5-10,12-13H,3-4,11,14H2,1-2H3,(H,22,26). The van der Waals surface area contributed by atoms with Gasteiger partial charge in [-0.25, -0.2) is 0 Å². The smallest absolute Gasteiger partial charge is 0.234 e. The van der Waals surface area contributed by atoms with Crippen molar-refractivity contribution >= 4 is 23.4 Å². The zero-order valence-electron chi connectivity index (χ0n) is 15.6. The second kappa shape index (κ2) is 9.32.